The van der Waals surface area contributed by atoms with E-state index in [-0.39, 0.29) is 29.4 Å². The summed E-state index contributed by atoms with van der Waals surface area (Å²) < 4.78 is 21.4. The van der Waals surface area contributed by atoms with Gasteiger partial charge >= 0.3 is 0 Å². The number of carbonyl (C=O) groups excluding carboxylic acids is 1. The molecule has 1 unspecified atom stereocenters. The quantitative estimate of drug-likeness (QED) is 0.141. The first-order chi connectivity index (χ1) is 19.8. The van der Waals surface area contributed by atoms with Crippen molar-refractivity contribution in [2.24, 2.45) is 5.92 Å². The van der Waals surface area contributed by atoms with Crippen LogP contribution in [0.5, 0.6) is 11.5 Å². The Kier molecular flexibility index (Phi) is 12.9. The Labute approximate surface area is 246 Å². The van der Waals surface area contributed by atoms with Crippen LogP contribution >= 0.6 is 0 Å². The molecule has 41 heavy (non-hydrogen) atoms. The zero-order chi connectivity index (χ0) is 29.8. The second-order valence-electron chi connectivity index (χ2n) is 11.2. The van der Waals surface area contributed by atoms with Crippen molar-refractivity contribution in [2.75, 3.05) is 18.4 Å². The number of hydrogen-bond donors (Lipinski definition) is 3. The molecule has 0 aromatic heterocycles. The molecule has 3 N–H and O–H groups in total. The number of phenolic OH excluding ortho intramolecular Hbond substituents is 1. The summed E-state index contributed by atoms with van der Waals surface area (Å²) in [6.07, 6.45) is 13.8. The molecular formula is C35H49FN2O3. The van der Waals surface area contributed by atoms with Gasteiger partial charge in [-0.3, -0.25) is 4.79 Å². The summed E-state index contributed by atoms with van der Waals surface area (Å²) in [5, 5.41) is 17.6. The number of hydrogen-bond acceptors (Lipinski definition) is 4. The molecule has 0 bridgehead atoms. The molecule has 0 spiro atoms. The normalized spacial score (nSPS) is 15.0. The molecule has 2 aromatic carbocycles. The monoisotopic (exact) mass is 564 g/mol. The maximum Gasteiger partial charge on any atom is 0.221 e. The molecule has 1 amide bonds. The molecule has 1 fully saturated rings. The van der Waals surface area contributed by atoms with Gasteiger partial charge in [-0.1, -0.05) is 63.1 Å². The third kappa shape index (κ3) is 9.19. The highest BCUT2D eigenvalue weighted by Crippen LogP contribution is 2.43. The fourth-order valence-electron chi connectivity index (χ4n) is 5.07. The first kappa shape index (κ1) is 32.4. The van der Waals surface area contributed by atoms with Crippen molar-refractivity contribution < 1.29 is 19.0 Å². The van der Waals surface area contributed by atoms with Crippen LogP contribution in [0.3, 0.4) is 0 Å². The highest BCUT2D eigenvalue weighted by molar-refractivity contribution is 5.92. The van der Waals surface area contributed by atoms with Gasteiger partial charge in [0.15, 0.2) is 5.82 Å². The van der Waals surface area contributed by atoms with E-state index in [2.05, 4.69) is 50.5 Å². The lowest BCUT2D eigenvalue weighted by atomic mass is 9.87. The van der Waals surface area contributed by atoms with Gasteiger partial charge in [0.1, 0.15) is 17.2 Å². The number of rotatable bonds is 16. The maximum atomic E-state index is 15.4. The van der Waals surface area contributed by atoms with Crippen molar-refractivity contribution in [3.8, 4) is 22.6 Å². The number of benzene rings is 2. The summed E-state index contributed by atoms with van der Waals surface area (Å²) in [6.45, 7) is 12.1. The molecule has 5 nitrogen and oxygen atoms in total. The molecule has 3 rings (SSSR count). The summed E-state index contributed by atoms with van der Waals surface area (Å²) >= 11 is 0. The molecule has 1 saturated carbocycles. The van der Waals surface area contributed by atoms with Crippen molar-refractivity contribution in [3.63, 3.8) is 0 Å². The van der Waals surface area contributed by atoms with Crippen LogP contribution in [0.1, 0.15) is 98.0 Å². The zero-order valence-corrected chi connectivity index (χ0v) is 25.6. The Balaban J connectivity index is 1.92. The Morgan fingerprint density at radius 3 is 2.59 bits per heavy atom. The minimum atomic E-state index is -0.587. The van der Waals surface area contributed by atoms with E-state index in [1.807, 2.05) is 12.1 Å². The number of halogens is 1. The molecule has 0 heterocycles. The average Bonchev–Trinajstić information content (AvgIpc) is 2.93. The van der Waals surface area contributed by atoms with Crippen LogP contribution in [-0.4, -0.2) is 30.2 Å². The van der Waals surface area contributed by atoms with E-state index >= 15 is 4.39 Å². The number of anilines is 1. The Hall–Kier alpha value is -3.12. The topological polar surface area (TPSA) is 70.6 Å². The highest BCUT2D eigenvalue weighted by Gasteiger charge is 2.24. The average molecular weight is 565 g/mol. The number of nitrogens with one attached hydrogen (secondary N) is 2. The molecule has 0 radical (unpaired) electrons. The smallest absolute Gasteiger partial charge is 0.221 e. The van der Waals surface area contributed by atoms with Gasteiger partial charge in [-0.15, -0.1) is 0 Å². The van der Waals surface area contributed by atoms with Crippen molar-refractivity contribution in [3.05, 3.63) is 59.4 Å². The number of para-hydroxylation sites is 1. The lowest BCUT2D eigenvalue weighted by molar-refractivity contribution is -0.114. The standard InChI is InChI=1S/C35H49FN2O3/c1-6-19-37-20-11-9-10-14-26(8-3)21-31(24(4)7-2)30-18-13-17-29(35(30)40)27-22-32(36)34(38-25(5)39)33(23-27)41-28-15-12-16-28/h8,13,17-18,21-24,28,37,40H,6-7,9-12,14-16,19-20H2,1-5H3,(H,38,39)/b26-8-,31-21+. The van der Waals surface area contributed by atoms with Gasteiger partial charge in [-0.2, -0.15) is 0 Å². The van der Waals surface area contributed by atoms with Crippen LogP contribution in [0.4, 0.5) is 10.1 Å². The summed E-state index contributed by atoms with van der Waals surface area (Å²) in [7, 11) is 0. The molecule has 1 aliphatic carbocycles. The van der Waals surface area contributed by atoms with Crippen molar-refractivity contribution in [1.82, 2.24) is 5.32 Å². The van der Waals surface area contributed by atoms with E-state index in [4.69, 9.17) is 4.74 Å². The van der Waals surface area contributed by atoms with E-state index < -0.39 is 5.82 Å². The second kappa shape index (κ2) is 16.4. The SMILES string of the molecule is C/C=C(\C=C(\c1cccc(-c2cc(F)c(NC(C)=O)c(OC3CCC3)c2)c1O)C(C)CC)CCCCCNCCC. The van der Waals surface area contributed by atoms with Crippen LogP contribution in [0.25, 0.3) is 16.7 Å². The fraction of sp³-hybridized carbons (Fsp3) is 0.514. The molecule has 0 aliphatic heterocycles. The zero-order valence-electron chi connectivity index (χ0n) is 25.6. The number of allylic oxidation sites excluding steroid dienone is 4. The number of phenols is 1. The summed E-state index contributed by atoms with van der Waals surface area (Å²) in [5.41, 5.74) is 4.18. The predicted molar refractivity (Wildman–Crippen MR) is 169 cm³/mol. The number of aromatic hydroxyl groups is 1. The van der Waals surface area contributed by atoms with Gasteiger partial charge in [-0.05, 0) is 101 Å². The molecule has 1 atom stereocenters. The number of carbonyl (C=O) groups is 1. The van der Waals surface area contributed by atoms with Gasteiger partial charge in [0.25, 0.3) is 0 Å². The van der Waals surface area contributed by atoms with Gasteiger partial charge in [-0.25, -0.2) is 4.39 Å². The first-order valence-corrected chi connectivity index (χ1v) is 15.5. The van der Waals surface area contributed by atoms with Gasteiger partial charge in [0.05, 0.1) is 6.10 Å². The third-order valence-corrected chi connectivity index (χ3v) is 7.96. The molecule has 2 aromatic rings. The van der Waals surface area contributed by atoms with Crippen LogP contribution in [0.2, 0.25) is 0 Å². The van der Waals surface area contributed by atoms with E-state index in [9.17, 15) is 9.90 Å². The molecule has 6 heteroatoms. The Morgan fingerprint density at radius 2 is 1.95 bits per heavy atom. The molecule has 0 saturated heterocycles. The predicted octanol–water partition coefficient (Wildman–Crippen LogP) is 9.02. The highest BCUT2D eigenvalue weighted by atomic mass is 19.1. The molecule has 224 valence electrons. The van der Waals surface area contributed by atoms with Gasteiger partial charge in [0.2, 0.25) is 5.91 Å². The van der Waals surface area contributed by atoms with Gasteiger partial charge in [0, 0.05) is 18.1 Å². The minimum absolute atomic E-state index is 0.00360. The van der Waals surface area contributed by atoms with Crippen molar-refractivity contribution >= 4 is 17.2 Å². The largest absolute Gasteiger partial charge is 0.507 e. The van der Waals surface area contributed by atoms with Crippen LogP contribution < -0.4 is 15.4 Å². The van der Waals surface area contributed by atoms with Crippen LogP contribution in [0, 0.1) is 11.7 Å². The van der Waals surface area contributed by atoms with E-state index in [0.29, 0.717) is 16.9 Å². The molecular weight excluding hydrogens is 515 g/mol. The van der Waals surface area contributed by atoms with E-state index in [1.54, 1.807) is 12.1 Å². The third-order valence-electron chi connectivity index (χ3n) is 7.96. The van der Waals surface area contributed by atoms with E-state index in [1.165, 1.54) is 31.4 Å². The van der Waals surface area contributed by atoms with Crippen molar-refractivity contribution in [1.29, 1.82) is 0 Å². The van der Waals surface area contributed by atoms with Crippen LogP contribution in [-0.2, 0) is 4.79 Å². The van der Waals surface area contributed by atoms with Crippen molar-refractivity contribution in [2.45, 2.75) is 98.5 Å². The number of ether oxygens (including phenoxy) is 1. The minimum Gasteiger partial charge on any atom is -0.507 e. The second-order valence-corrected chi connectivity index (χ2v) is 11.2. The van der Waals surface area contributed by atoms with Gasteiger partial charge < -0.3 is 20.5 Å². The Bertz CT molecular complexity index is 1220. The Morgan fingerprint density at radius 1 is 1.17 bits per heavy atom. The van der Waals surface area contributed by atoms with E-state index in [0.717, 1.165) is 69.2 Å². The number of unbranched alkanes of at least 4 members (excludes halogenated alkanes) is 2. The maximum absolute atomic E-state index is 15.4. The lowest BCUT2D eigenvalue weighted by Crippen LogP contribution is -2.25. The van der Waals surface area contributed by atoms with Crippen LogP contribution in [0.15, 0.2) is 48.1 Å². The number of amides is 1. The summed E-state index contributed by atoms with van der Waals surface area (Å²) in [6, 6.07) is 8.74. The summed E-state index contributed by atoms with van der Waals surface area (Å²) in [5.74, 6) is -0.311. The lowest BCUT2D eigenvalue weighted by Gasteiger charge is -2.28. The molecule has 1 aliphatic rings. The fourth-order valence-corrected chi connectivity index (χ4v) is 5.07. The first-order valence-electron chi connectivity index (χ1n) is 15.5. The summed E-state index contributed by atoms with van der Waals surface area (Å²) in [4.78, 5) is 11.8.